The molecule has 0 spiro atoms. The van der Waals surface area contributed by atoms with Gasteiger partial charge < -0.3 is 5.32 Å². The van der Waals surface area contributed by atoms with E-state index in [0.29, 0.717) is 5.11 Å². The smallest absolute Gasteiger partial charge is 0.182 e. The second-order valence-electron chi connectivity index (χ2n) is 2.39. The Kier molecular flexibility index (Phi) is 1.59. The zero-order valence-corrected chi connectivity index (χ0v) is 6.43. The van der Waals surface area contributed by atoms with Crippen LogP contribution in [0.3, 0.4) is 0 Å². The van der Waals surface area contributed by atoms with Gasteiger partial charge in [-0.25, -0.2) is 5.43 Å². The topological polar surface area (TPSA) is 36.1 Å². The maximum absolute atomic E-state index is 4.85. The van der Waals surface area contributed by atoms with Gasteiger partial charge in [-0.2, -0.15) is 0 Å². The van der Waals surface area contributed by atoms with E-state index in [4.69, 9.17) is 12.2 Å². The summed E-state index contributed by atoms with van der Waals surface area (Å²) in [7, 11) is 0. The van der Waals surface area contributed by atoms with Crippen LogP contribution >= 0.6 is 12.2 Å². The van der Waals surface area contributed by atoms with E-state index in [1.165, 1.54) is 0 Å². The van der Waals surface area contributed by atoms with Gasteiger partial charge >= 0.3 is 0 Å². The molecule has 1 fully saturated rings. The molecule has 0 amide bonds. The van der Waals surface area contributed by atoms with Crippen LogP contribution in [0.5, 0.6) is 0 Å². The molecule has 1 heterocycles. The lowest BCUT2D eigenvalue weighted by atomic mass is 10.2. The average Bonchev–Trinajstić information content (AvgIpc) is 2.13. The fourth-order valence-electron chi connectivity index (χ4n) is 0.685. The van der Waals surface area contributed by atoms with Gasteiger partial charge in [-0.1, -0.05) is 6.92 Å². The summed E-state index contributed by atoms with van der Waals surface area (Å²) in [6.07, 6.45) is 1.00. The Balaban J connectivity index is 2.54. The predicted molar refractivity (Wildman–Crippen MR) is 40.7 cm³/mol. The molecule has 1 saturated heterocycles. The van der Waals surface area contributed by atoms with Crippen molar-refractivity contribution in [2.24, 2.45) is 0 Å². The second-order valence-corrected chi connectivity index (χ2v) is 2.80. The minimum atomic E-state index is -0.0446. The molecule has 9 heavy (non-hydrogen) atoms. The van der Waals surface area contributed by atoms with Crippen molar-refractivity contribution in [3.63, 3.8) is 0 Å². The van der Waals surface area contributed by atoms with Gasteiger partial charge in [0.1, 0.15) is 5.66 Å². The lowest BCUT2D eigenvalue weighted by Crippen LogP contribution is -2.46. The molecule has 0 aromatic carbocycles. The maximum Gasteiger partial charge on any atom is 0.182 e. The first kappa shape index (κ1) is 6.77. The van der Waals surface area contributed by atoms with Gasteiger partial charge in [0, 0.05) is 0 Å². The highest BCUT2D eigenvalue weighted by Crippen LogP contribution is 2.05. The summed E-state index contributed by atoms with van der Waals surface area (Å²) in [5.74, 6) is 0. The molecule has 3 N–H and O–H groups in total. The molecule has 0 aromatic heterocycles. The van der Waals surface area contributed by atoms with Crippen LogP contribution < -0.4 is 16.2 Å². The Bertz CT molecular complexity index is 136. The highest BCUT2D eigenvalue weighted by Gasteiger charge is 2.27. The lowest BCUT2D eigenvalue weighted by molar-refractivity contribution is 0.346. The van der Waals surface area contributed by atoms with E-state index in [2.05, 4.69) is 30.0 Å². The highest BCUT2D eigenvalue weighted by molar-refractivity contribution is 7.80. The molecule has 1 rings (SSSR count). The third-order valence-electron chi connectivity index (χ3n) is 1.55. The summed E-state index contributed by atoms with van der Waals surface area (Å²) in [5, 5.41) is 3.77. The molecule has 1 unspecified atom stereocenters. The lowest BCUT2D eigenvalue weighted by Gasteiger charge is -2.20. The molecule has 0 bridgehead atoms. The maximum atomic E-state index is 4.85. The van der Waals surface area contributed by atoms with E-state index in [0.717, 1.165) is 6.42 Å². The highest BCUT2D eigenvalue weighted by atomic mass is 32.1. The minimum Gasteiger partial charge on any atom is -0.342 e. The second kappa shape index (κ2) is 2.11. The minimum absolute atomic E-state index is 0.0446. The summed E-state index contributed by atoms with van der Waals surface area (Å²) < 4.78 is 0. The van der Waals surface area contributed by atoms with Gasteiger partial charge in [-0.3, -0.25) is 5.43 Å². The molecule has 3 nitrogen and oxygen atoms in total. The summed E-state index contributed by atoms with van der Waals surface area (Å²) in [6.45, 7) is 4.15. The largest absolute Gasteiger partial charge is 0.342 e. The van der Waals surface area contributed by atoms with Gasteiger partial charge in [0.2, 0.25) is 0 Å². The van der Waals surface area contributed by atoms with E-state index < -0.39 is 0 Å². The number of hydrogen-bond donors (Lipinski definition) is 3. The molecule has 1 aliphatic heterocycles. The van der Waals surface area contributed by atoms with Crippen LogP contribution in [0.4, 0.5) is 0 Å². The molecule has 0 radical (unpaired) electrons. The predicted octanol–water partition coefficient (Wildman–Crippen LogP) is 0.0949. The van der Waals surface area contributed by atoms with Crippen LogP contribution in [0.2, 0.25) is 0 Å². The first-order chi connectivity index (χ1) is 4.16. The fraction of sp³-hybridized carbons (Fsp3) is 0.800. The Labute approximate surface area is 60.2 Å². The molecule has 1 aliphatic rings. The number of nitrogens with one attached hydrogen (secondary N) is 3. The van der Waals surface area contributed by atoms with Crippen LogP contribution in [0.15, 0.2) is 0 Å². The van der Waals surface area contributed by atoms with Crippen LogP contribution in [-0.4, -0.2) is 10.8 Å². The fourth-order valence-corrected chi connectivity index (χ4v) is 0.961. The standard InChI is InChI=1S/C5H11N3S/c1-3-5(2)6-4(9)7-8-5/h8H,3H2,1-2H3,(H2,6,7,9). The number of thiocarbonyl (C=S) groups is 1. The van der Waals surface area contributed by atoms with Crippen molar-refractivity contribution in [2.75, 3.05) is 0 Å². The summed E-state index contributed by atoms with van der Waals surface area (Å²) in [6, 6.07) is 0. The normalized spacial score (nSPS) is 33.8. The van der Waals surface area contributed by atoms with Gasteiger partial charge in [0.25, 0.3) is 0 Å². The molecule has 4 heteroatoms. The monoisotopic (exact) mass is 145 g/mol. The Hall–Kier alpha value is -0.350. The van der Waals surface area contributed by atoms with Crippen LogP contribution in [0.1, 0.15) is 20.3 Å². The van der Waals surface area contributed by atoms with Crippen molar-refractivity contribution >= 4 is 17.3 Å². The molecule has 0 aliphatic carbocycles. The van der Waals surface area contributed by atoms with Crippen molar-refractivity contribution in [1.82, 2.24) is 16.2 Å². The van der Waals surface area contributed by atoms with Crippen molar-refractivity contribution in [1.29, 1.82) is 0 Å². The molecular weight excluding hydrogens is 134 g/mol. The van der Waals surface area contributed by atoms with Crippen molar-refractivity contribution in [3.05, 3.63) is 0 Å². The first-order valence-electron chi connectivity index (χ1n) is 3.01. The third kappa shape index (κ3) is 1.31. The van der Waals surface area contributed by atoms with Crippen LogP contribution in [-0.2, 0) is 0 Å². The van der Waals surface area contributed by atoms with Crippen molar-refractivity contribution in [2.45, 2.75) is 25.9 Å². The zero-order valence-electron chi connectivity index (χ0n) is 5.62. The third-order valence-corrected chi connectivity index (χ3v) is 1.75. The Morgan fingerprint density at radius 1 is 1.67 bits per heavy atom. The molecule has 0 aromatic rings. The Morgan fingerprint density at radius 2 is 2.33 bits per heavy atom. The number of hydrazine groups is 1. The average molecular weight is 145 g/mol. The number of rotatable bonds is 1. The van der Waals surface area contributed by atoms with Crippen molar-refractivity contribution in [3.8, 4) is 0 Å². The van der Waals surface area contributed by atoms with Crippen LogP contribution in [0.25, 0.3) is 0 Å². The first-order valence-corrected chi connectivity index (χ1v) is 3.42. The molecule has 52 valence electrons. The molecule has 0 saturated carbocycles. The van der Waals surface area contributed by atoms with Gasteiger partial charge in [0.15, 0.2) is 5.11 Å². The Morgan fingerprint density at radius 3 is 2.56 bits per heavy atom. The van der Waals surface area contributed by atoms with E-state index in [1.807, 2.05) is 0 Å². The van der Waals surface area contributed by atoms with Gasteiger partial charge in [0.05, 0.1) is 0 Å². The van der Waals surface area contributed by atoms with Crippen LogP contribution in [0, 0.1) is 0 Å². The SMILES string of the molecule is CCC1(C)NNC(=S)N1. The zero-order chi connectivity index (χ0) is 6.91. The van der Waals surface area contributed by atoms with E-state index in [-0.39, 0.29) is 5.66 Å². The molecule has 1 atom stereocenters. The van der Waals surface area contributed by atoms with E-state index in [1.54, 1.807) is 0 Å². The van der Waals surface area contributed by atoms with Gasteiger partial charge in [-0.15, -0.1) is 0 Å². The quantitative estimate of drug-likeness (QED) is 0.457. The summed E-state index contributed by atoms with van der Waals surface area (Å²) >= 11 is 4.85. The van der Waals surface area contributed by atoms with E-state index in [9.17, 15) is 0 Å². The number of hydrogen-bond acceptors (Lipinski definition) is 2. The summed E-state index contributed by atoms with van der Waals surface area (Å²) in [5.41, 5.74) is 5.82. The van der Waals surface area contributed by atoms with Crippen molar-refractivity contribution < 1.29 is 0 Å². The summed E-state index contributed by atoms with van der Waals surface area (Å²) in [4.78, 5) is 0. The van der Waals surface area contributed by atoms with Gasteiger partial charge in [-0.05, 0) is 25.6 Å². The molecular formula is C5H11N3S. The van der Waals surface area contributed by atoms with E-state index >= 15 is 0 Å².